The van der Waals surface area contributed by atoms with E-state index >= 15 is 0 Å². The van der Waals surface area contributed by atoms with Crippen LogP contribution in [0.5, 0.6) is 0 Å². The van der Waals surface area contributed by atoms with Crippen molar-refractivity contribution in [1.82, 2.24) is 9.97 Å². The van der Waals surface area contributed by atoms with Gasteiger partial charge in [-0.2, -0.15) is 13.2 Å². The normalized spacial score (nSPS) is 11.8. The highest BCUT2D eigenvalue weighted by Gasteiger charge is 2.27. The smallest absolute Gasteiger partial charge is 0.383 e. The number of aromatic amines is 1. The third-order valence-corrected chi connectivity index (χ3v) is 2.24. The minimum Gasteiger partial charge on any atom is -0.383 e. The Balaban J connectivity index is 2.87. The second kappa shape index (κ2) is 5.20. The molecule has 0 saturated heterocycles. The van der Waals surface area contributed by atoms with E-state index in [9.17, 15) is 18.0 Å². The molecule has 96 valence electrons. The van der Waals surface area contributed by atoms with Crippen molar-refractivity contribution in [2.75, 3.05) is 5.73 Å². The Hall–Kier alpha value is -1.53. The van der Waals surface area contributed by atoms with Gasteiger partial charge in [0.2, 0.25) is 0 Å². The zero-order chi connectivity index (χ0) is 13.1. The Morgan fingerprint density at radius 1 is 1.35 bits per heavy atom. The van der Waals surface area contributed by atoms with Gasteiger partial charge in [0, 0.05) is 6.42 Å². The molecule has 1 aromatic rings. The molecule has 1 rings (SSSR count). The fraction of sp³-hybridized carbons (Fsp3) is 0.600. The molecular formula is C10H14F3N3O. The number of alkyl halides is 3. The first kappa shape index (κ1) is 13.5. The van der Waals surface area contributed by atoms with Gasteiger partial charge in [0.15, 0.2) is 0 Å². The molecule has 0 spiro atoms. The predicted octanol–water partition coefficient (Wildman–Crippen LogP) is 1.80. The van der Waals surface area contributed by atoms with E-state index in [1.165, 1.54) is 0 Å². The number of nitrogens with zero attached hydrogens (tertiary/aromatic N) is 1. The number of rotatable bonds is 4. The molecule has 0 aliphatic carbocycles. The summed E-state index contributed by atoms with van der Waals surface area (Å²) in [5, 5.41) is 0. The van der Waals surface area contributed by atoms with Crippen LogP contribution in [0.4, 0.5) is 19.0 Å². The first-order valence-electron chi connectivity index (χ1n) is 5.27. The van der Waals surface area contributed by atoms with E-state index in [1.807, 2.05) is 6.92 Å². The molecule has 0 aliphatic rings. The van der Waals surface area contributed by atoms with Gasteiger partial charge in [-0.15, -0.1) is 0 Å². The minimum atomic E-state index is -4.27. The van der Waals surface area contributed by atoms with Crippen molar-refractivity contribution < 1.29 is 13.2 Å². The number of anilines is 1. The number of hydrogen-bond acceptors (Lipinski definition) is 3. The average molecular weight is 249 g/mol. The van der Waals surface area contributed by atoms with Gasteiger partial charge in [0.25, 0.3) is 5.56 Å². The molecule has 0 aromatic carbocycles. The van der Waals surface area contributed by atoms with Crippen LogP contribution in [0.2, 0.25) is 0 Å². The Bertz CT molecular complexity index is 439. The highest BCUT2D eigenvalue weighted by Crippen LogP contribution is 2.21. The van der Waals surface area contributed by atoms with Crippen LogP contribution in [0, 0.1) is 0 Å². The fourth-order valence-electron chi connectivity index (χ4n) is 1.43. The van der Waals surface area contributed by atoms with Gasteiger partial charge in [-0.1, -0.05) is 13.3 Å². The predicted molar refractivity (Wildman–Crippen MR) is 57.6 cm³/mol. The van der Waals surface area contributed by atoms with Gasteiger partial charge in [0.1, 0.15) is 11.6 Å². The number of nitrogen functional groups attached to an aromatic ring is 1. The van der Waals surface area contributed by atoms with E-state index in [-0.39, 0.29) is 18.1 Å². The topological polar surface area (TPSA) is 71.8 Å². The van der Waals surface area contributed by atoms with Crippen LogP contribution in [-0.2, 0) is 12.8 Å². The van der Waals surface area contributed by atoms with Crippen LogP contribution in [0.25, 0.3) is 0 Å². The molecule has 4 nitrogen and oxygen atoms in total. The molecule has 1 heterocycles. The van der Waals surface area contributed by atoms with Crippen LogP contribution >= 0.6 is 0 Å². The van der Waals surface area contributed by atoms with Crippen molar-refractivity contribution in [2.45, 2.75) is 38.8 Å². The number of hydrogen-bond donors (Lipinski definition) is 2. The summed E-state index contributed by atoms with van der Waals surface area (Å²) in [4.78, 5) is 17.6. The monoisotopic (exact) mass is 249 g/mol. The quantitative estimate of drug-likeness (QED) is 0.854. The summed E-state index contributed by atoms with van der Waals surface area (Å²) < 4.78 is 36.0. The molecule has 0 unspecified atom stereocenters. The lowest BCUT2D eigenvalue weighted by Gasteiger charge is -2.07. The fourth-order valence-corrected chi connectivity index (χ4v) is 1.43. The van der Waals surface area contributed by atoms with Crippen LogP contribution in [0.3, 0.4) is 0 Å². The lowest BCUT2D eigenvalue weighted by atomic mass is 10.2. The Kier molecular flexibility index (Phi) is 4.14. The maximum atomic E-state index is 12.0. The van der Waals surface area contributed by atoms with Crippen molar-refractivity contribution in [3.8, 4) is 0 Å². The summed E-state index contributed by atoms with van der Waals surface area (Å²) in [7, 11) is 0. The van der Waals surface area contributed by atoms with E-state index in [0.717, 1.165) is 6.42 Å². The zero-order valence-corrected chi connectivity index (χ0v) is 9.40. The highest BCUT2D eigenvalue weighted by molar-refractivity contribution is 5.37. The maximum Gasteiger partial charge on any atom is 0.389 e. The van der Waals surface area contributed by atoms with E-state index in [2.05, 4.69) is 9.97 Å². The first-order chi connectivity index (χ1) is 7.83. The molecule has 0 bridgehead atoms. The molecule has 0 fully saturated rings. The van der Waals surface area contributed by atoms with Gasteiger partial charge in [0.05, 0.1) is 12.0 Å². The van der Waals surface area contributed by atoms with Crippen molar-refractivity contribution in [1.29, 1.82) is 0 Å². The van der Waals surface area contributed by atoms with Crippen LogP contribution < -0.4 is 11.3 Å². The zero-order valence-electron chi connectivity index (χ0n) is 9.40. The molecule has 17 heavy (non-hydrogen) atoms. The molecule has 0 radical (unpaired) electrons. The summed E-state index contributed by atoms with van der Waals surface area (Å²) in [6.07, 6.45) is -4.47. The van der Waals surface area contributed by atoms with Crippen molar-refractivity contribution >= 4 is 5.82 Å². The average Bonchev–Trinajstić information content (AvgIpc) is 2.19. The largest absolute Gasteiger partial charge is 0.389 e. The standard InChI is InChI=1S/C10H14F3N3O/c1-2-3-6-8(14)15-7(16-9(6)17)4-5-10(11,12)13/h2-5H2,1H3,(H3,14,15,16,17). The first-order valence-corrected chi connectivity index (χ1v) is 5.27. The summed E-state index contributed by atoms with van der Waals surface area (Å²) in [6.45, 7) is 1.87. The van der Waals surface area contributed by atoms with E-state index in [0.29, 0.717) is 12.0 Å². The Morgan fingerprint density at radius 3 is 2.47 bits per heavy atom. The summed E-state index contributed by atoms with van der Waals surface area (Å²) >= 11 is 0. The Morgan fingerprint density at radius 2 is 2.00 bits per heavy atom. The number of aryl methyl sites for hydroxylation is 1. The van der Waals surface area contributed by atoms with E-state index < -0.39 is 18.2 Å². The maximum absolute atomic E-state index is 12.0. The summed E-state index contributed by atoms with van der Waals surface area (Å²) in [5.74, 6) is -0.00236. The summed E-state index contributed by atoms with van der Waals surface area (Å²) in [6, 6.07) is 0. The molecule has 0 aliphatic heterocycles. The second-order valence-corrected chi connectivity index (χ2v) is 3.74. The Labute approximate surface area is 96.1 Å². The lowest BCUT2D eigenvalue weighted by molar-refractivity contribution is -0.134. The number of aromatic nitrogens is 2. The van der Waals surface area contributed by atoms with Gasteiger partial charge in [-0.05, 0) is 6.42 Å². The van der Waals surface area contributed by atoms with E-state index in [1.54, 1.807) is 0 Å². The van der Waals surface area contributed by atoms with Crippen LogP contribution in [-0.4, -0.2) is 16.1 Å². The van der Waals surface area contributed by atoms with E-state index in [4.69, 9.17) is 5.73 Å². The van der Waals surface area contributed by atoms with Gasteiger partial charge in [-0.25, -0.2) is 4.98 Å². The number of H-pyrrole nitrogens is 1. The second-order valence-electron chi connectivity index (χ2n) is 3.74. The molecule has 0 saturated carbocycles. The van der Waals surface area contributed by atoms with Gasteiger partial charge in [-0.3, -0.25) is 4.79 Å². The number of nitrogens with one attached hydrogen (secondary N) is 1. The lowest BCUT2D eigenvalue weighted by Crippen LogP contribution is -2.21. The molecule has 7 heteroatoms. The van der Waals surface area contributed by atoms with Crippen LogP contribution in [0.15, 0.2) is 4.79 Å². The molecule has 3 N–H and O–H groups in total. The SMILES string of the molecule is CCCc1c(N)nc(CCC(F)(F)F)[nH]c1=O. The number of halogens is 3. The third kappa shape index (κ3) is 4.08. The minimum absolute atomic E-state index is 0.0211. The van der Waals surface area contributed by atoms with Gasteiger partial charge < -0.3 is 10.7 Å². The molecule has 0 atom stereocenters. The van der Waals surface area contributed by atoms with Crippen molar-refractivity contribution in [2.24, 2.45) is 0 Å². The van der Waals surface area contributed by atoms with Gasteiger partial charge >= 0.3 is 6.18 Å². The number of nitrogens with two attached hydrogens (primary N) is 1. The molecular weight excluding hydrogens is 235 g/mol. The summed E-state index contributed by atoms with van der Waals surface area (Å²) in [5.41, 5.74) is 5.42. The highest BCUT2D eigenvalue weighted by atomic mass is 19.4. The molecule has 1 aromatic heterocycles. The van der Waals surface area contributed by atoms with Crippen molar-refractivity contribution in [3.05, 3.63) is 21.7 Å². The van der Waals surface area contributed by atoms with Crippen molar-refractivity contribution in [3.63, 3.8) is 0 Å². The van der Waals surface area contributed by atoms with Crippen LogP contribution in [0.1, 0.15) is 31.2 Å². The third-order valence-electron chi connectivity index (χ3n) is 2.24. The molecule has 0 amide bonds.